The summed E-state index contributed by atoms with van der Waals surface area (Å²) in [6, 6.07) is 11.2. The number of carbonyl (C=O) groups is 2. The van der Waals surface area contributed by atoms with Gasteiger partial charge in [-0.1, -0.05) is 12.1 Å². The summed E-state index contributed by atoms with van der Waals surface area (Å²) in [5, 5.41) is 2.94. The minimum atomic E-state index is -0.391. The van der Waals surface area contributed by atoms with E-state index in [1.165, 1.54) is 36.4 Å². The second-order valence-electron chi connectivity index (χ2n) is 6.88. The highest BCUT2D eigenvalue weighted by molar-refractivity contribution is 5.94. The Morgan fingerprint density at radius 3 is 2.26 bits per heavy atom. The highest BCUT2D eigenvalue weighted by Gasteiger charge is 2.29. The Kier molecular flexibility index (Phi) is 5.84. The summed E-state index contributed by atoms with van der Waals surface area (Å²) < 4.78 is 26.1. The molecule has 2 atom stereocenters. The van der Waals surface area contributed by atoms with E-state index in [4.69, 9.17) is 0 Å². The third-order valence-corrected chi connectivity index (χ3v) is 4.90. The minimum Gasteiger partial charge on any atom is -0.349 e. The number of amides is 2. The molecule has 0 spiro atoms. The zero-order chi connectivity index (χ0) is 19.4. The summed E-state index contributed by atoms with van der Waals surface area (Å²) in [6.07, 6.45) is 1.44. The third-order valence-electron chi connectivity index (χ3n) is 4.90. The summed E-state index contributed by atoms with van der Waals surface area (Å²) in [4.78, 5) is 26.9. The van der Waals surface area contributed by atoms with Crippen LogP contribution in [0.2, 0.25) is 0 Å². The van der Waals surface area contributed by atoms with Crippen LogP contribution >= 0.6 is 0 Å². The maximum Gasteiger partial charge on any atom is 0.253 e. The second-order valence-corrected chi connectivity index (χ2v) is 6.88. The molecule has 0 radical (unpaired) electrons. The molecule has 1 N–H and O–H groups in total. The van der Waals surface area contributed by atoms with Crippen LogP contribution in [-0.4, -0.2) is 29.8 Å². The highest BCUT2D eigenvalue weighted by atomic mass is 19.1. The molecule has 0 aromatic heterocycles. The van der Waals surface area contributed by atoms with Crippen LogP contribution < -0.4 is 5.32 Å². The van der Waals surface area contributed by atoms with Gasteiger partial charge in [-0.2, -0.15) is 0 Å². The first-order chi connectivity index (χ1) is 12.9. The molecular formula is C21H22F2N2O2. The molecule has 2 amide bonds. The van der Waals surface area contributed by atoms with E-state index in [9.17, 15) is 18.4 Å². The van der Waals surface area contributed by atoms with Crippen LogP contribution in [-0.2, 0) is 4.79 Å². The largest absolute Gasteiger partial charge is 0.349 e. The lowest BCUT2D eigenvalue weighted by atomic mass is 9.95. The fourth-order valence-corrected chi connectivity index (χ4v) is 3.32. The quantitative estimate of drug-likeness (QED) is 0.890. The summed E-state index contributed by atoms with van der Waals surface area (Å²) in [6.45, 7) is 2.75. The van der Waals surface area contributed by atoms with Gasteiger partial charge in [0.2, 0.25) is 5.91 Å². The number of rotatable bonds is 4. The summed E-state index contributed by atoms with van der Waals surface area (Å²) in [5.41, 5.74) is 1.23. The number of hydrogen-bond donors (Lipinski definition) is 1. The first-order valence-corrected chi connectivity index (χ1v) is 9.04. The second kappa shape index (κ2) is 8.29. The SMILES string of the molecule is CC(NC(=O)C1CCCN(C(=O)c2ccc(F)cc2)C1)c1ccc(F)cc1. The Hall–Kier alpha value is -2.76. The van der Waals surface area contributed by atoms with Gasteiger partial charge in [0.05, 0.1) is 12.0 Å². The molecule has 2 unspecified atom stereocenters. The molecule has 3 rings (SSSR count). The van der Waals surface area contributed by atoms with Crippen molar-refractivity contribution in [3.05, 3.63) is 71.3 Å². The van der Waals surface area contributed by atoms with Crippen molar-refractivity contribution in [2.24, 2.45) is 5.92 Å². The standard InChI is InChI=1S/C21H22F2N2O2/c1-14(15-4-8-18(22)9-5-15)24-20(26)17-3-2-12-25(13-17)21(27)16-6-10-19(23)11-7-16/h4-11,14,17H,2-3,12-13H2,1H3,(H,24,26). The van der Waals surface area contributed by atoms with Gasteiger partial charge in [0.15, 0.2) is 0 Å². The van der Waals surface area contributed by atoms with Crippen LogP contribution in [0.25, 0.3) is 0 Å². The first kappa shape index (κ1) is 19.0. The predicted octanol–water partition coefficient (Wildman–Crippen LogP) is 3.69. The van der Waals surface area contributed by atoms with Crippen molar-refractivity contribution in [1.29, 1.82) is 0 Å². The van der Waals surface area contributed by atoms with E-state index in [-0.39, 0.29) is 29.6 Å². The number of likely N-dealkylation sites (tertiary alicyclic amines) is 1. The molecule has 2 aromatic rings. The zero-order valence-corrected chi connectivity index (χ0v) is 15.1. The Morgan fingerprint density at radius 1 is 1.04 bits per heavy atom. The Morgan fingerprint density at radius 2 is 1.63 bits per heavy atom. The van der Waals surface area contributed by atoms with Crippen molar-refractivity contribution < 1.29 is 18.4 Å². The van der Waals surface area contributed by atoms with Crippen LogP contribution in [0.3, 0.4) is 0 Å². The first-order valence-electron chi connectivity index (χ1n) is 9.04. The molecule has 0 saturated carbocycles. The van der Waals surface area contributed by atoms with Gasteiger partial charge in [0.25, 0.3) is 5.91 Å². The van der Waals surface area contributed by atoms with Crippen molar-refractivity contribution in [3.8, 4) is 0 Å². The molecule has 6 heteroatoms. The number of benzene rings is 2. The number of halogens is 2. The van der Waals surface area contributed by atoms with Crippen molar-refractivity contribution in [3.63, 3.8) is 0 Å². The Balaban J connectivity index is 1.61. The van der Waals surface area contributed by atoms with Gasteiger partial charge in [-0.15, -0.1) is 0 Å². The van der Waals surface area contributed by atoms with Gasteiger partial charge in [0, 0.05) is 18.7 Å². The van der Waals surface area contributed by atoms with Crippen LogP contribution in [0.1, 0.15) is 41.7 Å². The van der Waals surface area contributed by atoms with Crippen molar-refractivity contribution in [1.82, 2.24) is 10.2 Å². The number of piperidine rings is 1. The Bertz CT molecular complexity index is 806. The van der Waals surface area contributed by atoms with E-state index in [2.05, 4.69) is 5.32 Å². The normalized spacial score (nSPS) is 18.0. The molecular weight excluding hydrogens is 350 g/mol. The van der Waals surface area contributed by atoms with Crippen LogP contribution in [0.4, 0.5) is 8.78 Å². The van der Waals surface area contributed by atoms with Crippen molar-refractivity contribution in [2.75, 3.05) is 13.1 Å². The number of nitrogens with zero attached hydrogens (tertiary/aromatic N) is 1. The summed E-state index contributed by atoms with van der Waals surface area (Å²) >= 11 is 0. The molecule has 1 saturated heterocycles. The molecule has 1 fully saturated rings. The van der Waals surface area contributed by atoms with E-state index in [0.717, 1.165) is 12.0 Å². The van der Waals surface area contributed by atoms with Crippen molar-refractivity contribution >= 4 is 11.8 Å². The highest BCUT2D eigenvalue weighted by Crippen LogP contribution is 2.21. The lowest BCUT2D eigenvalue weighted by molar-refractivity contribution is -0.127. The van der Waals surface area contributed by atoms with Gasteiger partial charge in [-0.25, -0.2) is 8.78 Å². The van der Waals surface area contributed by atoms with E-state index in [1.807, 2.05) is 6.92 Å². The lowest BCUT2D eigenvalue weighted by Gasteiger charge is -2.32. The number of hydrogen-bond acceptors (Lipinski definition) is 2. The van der Waals surface area contributed by atoms with Crippen LogP contribution in [0, 0.1) is 17.6 Å². The lowest BCUT2D eigenvalue weighted by Crippen LogP contribution is -2.45. The topological polar surface area (TPSA) is 49.4 Å². The molecule has 0 aliphatic carbocycles. The fourth-order valence-electron chi connectivity index (χ4n) is 3.32. The summed E-state index contributed by atoms with van der Waals surface area (Å²) in [5.74, 6) is -1.33. The van der Waals surface area contributed by atoms with Gasteiger partial charge in [0.1, 0.15) is 11.6 Å². The van der Waals surface area contributed by atoms with E-state index in [0.29, 0.717) is 25.1 Å². The molecule has 142 valence electrons. The third kappa shape index (κ3) is 4.70. The number of carbonyl (C=O) groups excluding carboxylic acids is 2. The van der Waals surface area contributed by atoms with Gasteiger partial charge in [-0.05, 0) is 61.7 Å². The van der Waals surface area contributed by atoms with E-state index in [1.54, 1.807) is 17.0 Å². The maximum absolute atomic E-state index is 13.0. The Labute approximate surface area is 157 Å². The van der Waals surface area contributed by atoms with Gasteiger partial charge in [-0.3, -0.25) is 9.59 Å². The average Bonchev–Trinajstić information content (AvgIpc) is 2.68. The molecule has 4 nitrogen and oxygen atoms in total. The number of nitrogens with one attached hydrogen (secondary N) is 1. The molecule has 1 aliphatic heterocycles. The zero-order valence-electron chi connectivity index (χ0n) is 15.1. The average molecular weight is 372 g/mol. The van der Waals surface area contributed by atoms with Gasteiger partial charge < -0.3 is 10.2 Å². The predicted molar refractivity (Wildman–Crippen MR) is 98.0 cm³/mol. The maximum atomic E-state index is 13.0. The minimum absolute atomic E-state index is 0.122. The van der Waals surface area contributed by atoms with Crippen molar-refractivity contribution in [2.45, 2.75) is 25.8 Å². The molecule has 1 heterocycles. The van der Waals surface area contributed by atoms with E-state index >= 15 is 0 Å². The molecule has 1 aliphatic rings. The molecule has 27 heavy (non-hydrogen) atoms. The van der Waals surface area contributed by atoms with Crippen LogP contribution in [0.5, 0.6) is 0 Å². The summed E-state index contributed by atoms with van der Waals surface area (Å²) in [7, 11) is 0. The molecule has 0 bridgehead atoms. The smallest absolute Gasteiger partial charge is 0.253 e. The molecule has 2 aromatic carbocycles. The fraction of sp³-hybridized carbons (Fsp3) is 0.333. The van der Waals surface area contributed by atoms with E-state index < -0.39 is 5.82 Å². The van der Waals surface area contributed by atoms with Crippen LogP contribution in [0.15, 0.2) is 48.5 Å². The monoisotopic (exact) mass is 372 g/mol. The van der Waals surface area contributed by atoms with Gasteiger partial charge >= 0.3 is 0 Å².